The van der Waals surface area contributed by atoms with E-state index >= 15 is 0 Å². The van der Waals surface area contributed by atoms with Crippen molar-refractivity contribution in [2.75, 3.05) is 6.61 Å². The summed E-state index contributed by atoms with van der Waals surface area (Å²) in [5, 5.41) is 3.82. The third-order valence-electron chi connectivity index (χ3n) is 3.59. The fourth-order valence-corrected chi connectivity index (χ4v) is 2.96. The van der Waals surface area contributed by atoms with E-state index in [1.807, 2.05) is 0 Å². The van der Waals surface area contributed by atoms with Crippen LogP contribution in [0.3, 0.4) is 0 Å². The number of fused-ring (bicyclic) bond motifs is 1. The van der Waals surface area contributed by atoms with Crippen LogP contribution in [0.15, 0.2) is 51.0 Å². The molecule has 1 unspecified atom stereocenters. The first-order valence-corrected chi connectivity index (χ1v) is 8.49. The number of nitrogens with zero attached hydrogens (tertiary/aromatic N) is 1. The molecule has 0 saturated carbocycles. The Morgan fingerprint density at radius 2 is 2.00 bits per heavy atom. The Hall–Kier alpha value is -3.20. The van der Waals surface area contributed by atoms with Crippen LogP contribution in [-0.2, 0) is 14.3 Å². The molecule has 0 aliphatic heterocycles. The van der Waals surface area contributed by atoms with Gasteiger partial charge in [0.25, 0.3) is 11.8 Å². The molecule has 26 heavy (non-hydrogen) atoms. The summed E-state index contributed by atoms with van der Waals surface area (Å²) in [4.78, 5) is 48.0. The molecule has 1 N–H and O–H groups in total. The third kappa shape index (κ3) is 3.57. The molecule has 0 saturated heterocycles. The van der Waals surface area contributed by atoms with Crippen LogP contribution < -0.4 is 11.1 Å². The summed E-state index contributed by atoms with van der Waals surface area (Å²) in [6.45, 7) is 0.825. The van der Waals surface area contributed by atoms with Crippen LogP contribution in [0.1, 0.15) is 22.6 Å². The van der Waals surface area contributed by atoms with Crippen LogP contribution >= 0.6 is 11.3 Å². The quantitative estimate of drug-likeness (QED) is 0.681. The summed E-state index contributed by atoms with van der Waals surface area (Å²) < 4.78 is 11.1. The van der Waals surface area contributed by atoms with Crippen LogP contribution in [-0.4, -0.2) is 29.0 Å². The van der Waals surface area contributed by atoms with Crippen LogP contribution in [0.4, 0.5) is 0 Å². The summed E-state index contributed by atoms with van der Waals surface area (Å²) in [7, 11) is 0. The molecular weight excluding hydrogens is 360 g/mol. The van der Waals surface area contributed by atoms with Gasteiger partial charge >= 0.3 is 11.7 Å². The van der Waals surface area contributed by atoms with Gasteiger partial charge < -0.3 is 9.15 Å². The average molecular weight is 374 g/mol. The van der Waals surface area contributed by atoms with E-state index < -0.39 is 36.2 Å². The highest BCUT2D eigenvalue weighted by atomic mass is 32.1. The predicted molar refractivity (Wildman–Crippen MR) is 92.9 cm³/mol. The van der Waals surface area contributed by atoms with E-state index in [1.165, 1.54) is 18.3 Å². The van der Waals surface area contributed by atoms with Crippen molar-refractivity contribution in [1.82, 2.24) is 9.88 Å². The smallest absolute Gasteiger partial charge is 0.420 e. The van der Waals surface area contributed by atoms with Gasteiger partial charge in [-0.25, -0.2) is 9.59 Å². The second kappa shape index (κ2) is 7.36. The van der Waals surface area contributed by atoms with Crippen molar-refractivity contribution < 1.29 is 23.5 Å². The van der Waals surface area contributed by atoms with Gasteiger partial charge in [0.15, 0.2) is 12.2 Å². The maximum Gasteiger partial charge on any atom is 0.420 e. The molecule has 2 amide bonds. The number of amides is 2. The lowest BCUT2D eigenvalue weighted by Gasteiger charge is -2.12. The van der Waals surface area contributed by atoms with Gasteiger partial charge in [-0.1, -0.05) is 18.2 Å². The molecule has 134 valence electrons. The molecule has 0 aliphatic rings. The number of hydrogen-bond donors (Lipinski definition) is 1. The molecule has 1 atom stereocenters. The molecular formula is C17H14N2O6S. The number of carbonyl (C=O) groups is 3. The fourth-order valence-electron chi connectivity index (χ4n) is 2.35. The minimum Gasteiger partial charge on any atom is -0.454 e. The monoisotopic (exact) mass is 374 g/mol. The number of ether oxygens (including phenoxy) is 1. The molecule has 3 rings (SSSR count). The van der Waals surface area contributed by atoms with Gasteiger partial charge in [-0.2, -0.15) is 0 Å². The Morgan fingerprint density at radius 1 is 1.23 bits per heavy atom. The molecule has 2 heterocycles. The standard InChI is InChI=1S/C17H14N2O6S/c1-10(19-11-5-2-3-6-12(11)25-17(19)23)16(22)24-9-14(20)18-15(21)13-7-4-8-26-13/h2-8,10H,9H2,1H3,(H,18,20,21). The van der Waals surface area contributed by atoms with Gasteiger partial charge in [-0.3, -0.25) is 19.5 Å². The molecule has 0 radical (unpaired) electrons. The predicted octanol–water partition coefficient (Wildman–Crippen LogP) is 1.72. The Kier molecular flexibility index (Phi) is 4.99. The topological polar surface area (TPSA) is 108 Å². The number of oxazole rings is 1. The maximum atomic E-state index is 12.2. The van der Waals surface area contributed by atoms with Crippen molar-refractivity contribution in [3.05, 3.63) is 57.2 Å². The highest BCUT2D eigenvalue weighted by Gasteiger charge is 2.23. The highest BCUT2D eigenvalue weighted by molar-refractivity contribution is 7.12. The van der Waals surface area contributed by atoms with Crippen molar-refractivity contribution in [3.63, 3.8) is 0 Å². The minimum atomic E-state index is -0.994. The van der Waals surface area contributed by atoms with E-state index in [2.05, 4.69) is 5.32 Å². The lowest BCUT2D eigenvalue weighted by Crippen LogP contribution is -2.35. The van der Waals surface area contributed by atoms with Gasteiger partial charge in [0.1, 0.15) is 6.04 Å². The van der Waals surface area contributed by atoms with Crippen molar-refractivity contribution >= 4 is 40.2 Å². The lowest BCUT2D eigenvalue weighted by molar-refractivity contribution is -0.151. The van der Waals surface area contributed by atoms with Gasteiger partial charge in [-0.05, 0) is 30.5 Å². The number of imide groups is 1. The van der Waals surface area contributed by atoms with Crippen LogP contribution in [0, 0.1) is 0 Å². The third-order valence-corrected chi connectivity index (χ3v) is 4.46. The zero-order valence-corrected chi connectivity index (χ0v) is 14.4. The number of benzene rings is 1. The van der Waals surface area contributed by atoms with Crippen molar-refractivity contribution in [1.29, 1.82) is 0 Å². The zero-order valence-electron chi connectivity index (χ0n) is 13.6. The van der Waals surface area contributed by atoms with Crippen molar-refractivity contribution in [2.24, 2.45) is 0 Å². The largest absolute Gasteiger partial charge is 0.454 e. The number of hydrogen-bond acceptors (Lipinski definition) is 7. The van der Waals surface area contributed by atoms with Gasteiger partial charge in [0.05, 0.1) is 10.4 Å². The van der Waals surface area contributed by atoms with Crippen LogP contribution in [0.25, 0.3) is 11.1 Å². The highest BCUT2D eigenvalue weighted by Crippen LogP contribution is 2.17. The number of aromatic nitrogens is 1. The number of thiophene rings is 1. The minimum absolute atomic E-state index is 0.344. The summed E-state index contributed by atoms with van der Waals surface area (Å²) >= 11 is 1.18. The first-order chi connectivity index (χ1) is 12.5. The molecule has 2 aromatic heterocycles. The second-order valence-electron chi connectivity index (χ2n) is 5.34. The van der Waals surface area contributed by atoms with Gasteiger partial charge in [-0.15, -0.1) is 11.3 Å². The summed E-state index contributed by atoms with van der Waals surface area (Å²) in [5.41, 5.74) is 0.788. The molecule has 0 bridgehead atoms. The first-order valence-electron chi connectivity index (χ1n) is 7.62. The molecule has 3 aromatic rings. The Morgan fingerprint density at radius 3 is 2.73 bits per heavy atom. The summed E-state index contributed by atoms with van der Waals surface area (Å²) in [5.74, 6) is -2.81. The van der Waals surface area contributed by atoms with Crippen molar-refractivity contribution in [2.45, 2.75) is 13.0 Å². The summed E-state index contributed by atoms with van der Waals surface area (Å²) in [6, 6.07) is 8.90. The lowest BCUT2D eigenvalue weighted by atomic mass is 10.3. The molecule has 0 spiro atoms. The second-order valence-corrected chi connectivity index (χ2v) is 6.29. The van der Waals surface area contributed by atoms with Crippen LogP contribution in [0.2, 0.25) is 0 Å². The molecule has 0 aliphatic carbocycles. The first kappa shape index (κ1) is 17.6. The zero-order chi connectivity index (χ0) is 18.7. The number of esters is 1. The Balaban J connectivity index is 1.62. The fraction of sp³-hybridized carbons (Fsp3) is 0.176. The summed E-state index contributed by atoms with van der Waals surface area (Å²) in [6.07, 6.45) is 0. The van der Waals surface area contributed by atoms with E-state index in [4.69, 9.17) is 9.15 Å². The molecule has 9 heteroatoms. The van der Waals surface area contributed by atoms with E-state index in [1.54, 1.807) is 41.8 Å². The SMILES string of the molecule is CC(C(=O)OCC(=O)NC(=O)c1cccs1)n1c(=O)oc2ccccc21. The average Bonchev–Trinajstić information content (AvgIpc) is 3.26. The van der Waals surface area contributed by atoms with Gasteiger partial charge in [0.2, 0.25) is 0 Å². The van der Waals surface area contributed by atoms with Crippen LogP contribution in [0.5, 0.6) is 0 Å². The van der Waals surface area contributed by atoms with Crippen molar-refractivity contribution in [3.8, 4) is 0 Å². The Bertz CT molecular complexity index is 1020. The molecule has 0 fully saturated rings. The molecule has 1 aromatic carbocycles. The Labute approximate surface area is 151 Å². The van der Waals surface area contributed by atoms with E-state index in [0.29, 0.717) is 16.0 Å². The normalized spacial score (nSPS) is 11.9. The number of para-hydroxylation sites is 2. The number of nitrogens with one attached hydrogen (secondary N) is 1. The van der Waals surface area contributed by atoms with Gasteiger partial charge in [0, 0.05) is 0 Å². The molecule has 8 nitrogen and oxygen atoms in total. The van der Waals surface area contributed by atoms with E-state index in [0.717, 1.165) is 4.57 Å². The number of rotatable bonds is 5. The van der Waals surface area contributed by atoms with E-state index in [9.17, 15) is 19.2 Å². The van der Waals surface area contributed by atoms with E-state index in [-0.39, 0.29) is 0 Å². The number of carbonyl (C=O) groups excluding carboxylic acids is 3. The maximum absolute atomic E-state index is 12.2.